The summed E-state index contributed by atoms with van der Waals surface area (Å²) in [4.78, 5) is 79.7. The molecule has 0 radical (unpaired) electrons. The van der Waals surface area contributed by atoms with Crippen molar-refractivity contribution in [1.82, 2.24) is 29.4 Å². The molecule has 1 N–H and O–H groups in total. The number of carbonyl (C=O) groups excluding carboxylic acids is 5. The molecule has 4 aliphatic rings. The van der Waals surface area contributed by atoms with E-state index >= 15 is 0 Å². The largest absolute Gasteiger partial charge is 0.446 e. The van der Waals surface area contributed by atoms with Gasteiger partial charge in [0, 0.05) is 115 Å². The van der Waals surface area contributed by atoms with Crippen LogP contribution in [0.1, 0.15) is 99.9 Å². The summed E-state index contributed by atoms with van der Waals surface area (Å²) >= 11 is 0. The van der Waals surface area contributed by atoms with E-state index in [1.165, 1.54) is 24.3 Å². The summed E-state index contributed by atoms with van der Waals surface area (Å²) in [6, 6.07) is 39.3. The van der Waals surface area contributed by atoms with Gasteiger partial charge in [-0.05, 0) is 147 Å². The highest BCUT2D eigenvalue weighted by Crippen LogP contribution is 2.48. The van der Waals surface area contributed by atoms with Gasteiger partial charge in [0.1, 0.15) is 30.9 Å². The van der Waals surface area contributed by atoms with Crippen molar-refractivity contribution in [3.05, 3.63) is 190 Å². The van der Waals surface area contributed by atoms with E-state index in [1.54, 1.807) is 40.9 Å². The second-order valence-electron chi connectivity index (χ2n) is 25.7. The van der Waals surface area contributed by atoms with E-state index in [2.05, 4.69) is 32.1 Å². The quantitative estimate of drug-likeness (QED) is 0.0578. The maximum absolute atomic E-state index is 14.2. The van der Waals surface area contributed by atoms with E-state index < -0.39 is 64.6 Å². The molecule has 1 aliphatic carbocycles. The molecule has 6 aromatic rings. The van der Waals surface area contributed by atoms with E-state index in [0.717, 1.165) is 52.5 Å². The number of carbonyl (C=O) groups is 5. The van der Waals surface area contributed by atoms with E-state index in [4.69, 9.17) is 14.2 Å². The van der Waals surface area contributed by atoms with E-state index in [0.29, 0.717) is 126 Å². The Morgan fingerprint density at radius 1 is 0.646 bits per heavy atom. The number of alkyl halides is 6. The molecule has 0 bridgehead atoms. The van der Waals surface area contributed by atoms with Crippen molar-refractivity contribution in [2.45, 2.75) is 93.4 Å². The third-order valence-electron chi connectivity index (χ3n) is 19.4. The van der Waals surface area contributed by atoms with Crippen LogP contribution >= 0.6 is 0 Å². The molecule has 0 aromatic heterocycles. The Kier molecular flexibility index (Phi) is 22.6. The molecule has 3 fully saturated rings. The number of amides is 5. The molecule has 23 heteroatoms. The van der Waals surface area contributed by atoms with Crippen molar-refractivity contribution in [3.63, 3.8) is 0 Å². The van der Waals surface area contributed by atoms with Crippen molar-refractivity contribution in [1.29, 1.82) is 0 Å². The molecular weight excluding hydrogens is 1250 g/mol. The average Bonchev–Trinajstić information content (AvgIpc) is 1.60. The number of ether oxygens (including phenoxy) is 3. The third-order valence-corrected chi connectivity index (χ3v) is 19.4. The molecule has 96 heavy (non-hydrogen) atoms. The Balaban J connectivity index is 0.626. The number of hydrogen-bond acceptors (Lipinski definition) is 11. The Labute approximate surface area is 555 Å². The maximum atomic E-state index is 14.2. The Hall–Kier alpha value is -8.38. The van der Waals surface area contributed by atoms with Crippen LogP contribution in [-0.2, 0) is 53.6 Å². The second-order valence-corrected chi connectivity index (χ2v) is 25.7. The SMILES string of the molecule is CN(CCN1CCC(OC(=O)Nc2ccccc2-c2ccccc2)CC1)C(=O)CCCN(C)c1ccc(C(=O)N(C)CCCN(C)C(=O)CO[C@H]2Cc3ccccc3C23CCN(CC[C@]2(c4ccc(F)cc4)CN(C(=O)c4cc(C(F)(F)F)cc(C(F)(F)F)c4)CO2)CC3)cc1. The summed E-state index contributed by atoms with van der Waals surface area (Å²) < 4.78 is 116. The first kappa shape index (κ1) is 70.4. The van der Waals surface area contributed by atoms with Crippen LogP contribution in [0.4, 0.5) is 46.9 Å². The van der Waals surface area contributed by atoms with Crippen molar-refractivity contribution in [3.8, 4) is 11.1 Å². The fourth-order valence-electron chi connectivity index (χ4n) is 13.6. The zero-order valence-electron chi connectivity index (χ0n) is 54.6. The minimum Gasteiger partial charge on any atom is -0.446 e. The topological polar surface area (TPSA) is 148 Å². The van der Waals surface area contributed by atoms with Gasteiger partial charge in [-0.1, -0.05) is 84.9 Å². The zero-order valence-corrected chi connectivity index (χ0v) is 54.6. The van der Waals surface area contributed by atoms with Crippen molar-refractivity contribution >= 4 is 41.1 Å². The average molecular weight is 1330 g/mol. The number of piperidine rings is 2. The molecule has 3 heterocycles. The van der Waals surface area contributed by atoms with Crippen LogP contribution in [0.25, 0.3) is 11.1 Å². The summed E-state index contributed by atoms with van der Waals surface area (Å²) in [5, 5.41) is 2.93. The van der Waals surface area contributed by atoms with Crippen LogP contribution in [0.2, 0.25) is 0 Å². The number of likely N-dealkylation sites (tertiary alicyclic amines) is 2. The number of para-hydroxylation sites is 1. The van der Waals surface area contributed by atoms with Gasteiger partial charge in [-0.3, -0.25) is 24.5 Å². The highest BCUT2D eigenvalue weighted by molar-refractivity contribution is 5.95. The molecule has 512 valence electrons. The first-order chi connectivity index (χ1) is 45.9. The normalized spacial score (nSPS) is 18.2. The lowest BCUT2D eigenvalue weighted by Gasteiger charge is -2.44. The number of fused-ring (bicyclic) bond motifs is 2. The van der Waals surface area contributed by atoms with E-state index in [9.17, 15) is 54.7 Å². The predicted octanol–water partition coefficient (Wildman–Crippen LogP) is 12.2. The van der Waals surface area contributed by atoms with Gasteiger partial charge >= 0.3 is 18.4 Å². The second kappa shape index (κ2) is 30.8. The molecule has 6 aromatic carbocycles. The third kappa shape index (κ3) is 17.2. The minimum absolute atomic E-state index is 0.0293. The molecular formula is C73H83F7N8O8. The lowest BCUT2D eigenvalue weighted by Crippen LogP contribution is -2.50. The van der Waals surface area contributed by atoms with Crippen molar-refractivity contribution < 1.29 is 68.9 Å². The first-order valence-electron chi connectivity index (χ1n) is 32.7. The lowest BCUT2D eigenvalue weighted by molar-refractivity contribution is -0.143. The molecule has 3 aliphatic heterocycles. The van der Waals surface area contributed by atoms with Crippen LogP contribution in [0.5, 0.6) is 0 Å². The van der Waals surface area contributed by atoms with Crippen LogP contribution in [0.3, 0.4) is 0 Å². The number of rotatable bonds is 24. The molecule has 5 amide bonds. The number of halogens is 7. The molecule has 2 atom stereocenters. The fourth-order valence-corrected chi connectivity index (χ4v) is 13.6. The highest BCUT2D eigenvalue weighted by atomic mass is 19.4. The molecule has 1 spiro atoms. The summed E-state index contributed by atoms with van der Waals surface area (Å²) in [7, 11) is 7.23. The van der Waals surface area contributed by atoms with Crippen LogP contribution < -0.4 is 10.2 Å². The number of hydrogen-bond donors (Lipinski definition) is 1. The molecule has 0 unspecified atom stereocenters. The molecule has 0 saturated carbocycles. The van der Waals surface area contributed by atoms with E-state index in [-0.39, 0.29) is 55.6 Å². The number of nitrogens with one attached hydrogen (secondary N) is 1. The van der Waals surface area contributed by atoms with Crippen LogP contribution in [0.15, 0.2) is 146 Å². The number of likely N-dealkylation sites (N-methyl/N-ethyl adjacent to an activating group) is 2. The molecule has 10 rings (SSSR count). The van der Waals surface area contributed by atoms with Gasteiger partial charge in [-0.2, -0.15) is 26.3 Å². The van der Waals surface area contributed by atoms with Gasteiger partial charge in [0.2, 0.25) is 11.8 Å². The number of nitrogens with zero attached hydrogens (tertiary/aromatic N) is 7. The lowest BCUT2D eigenvalue weighted by atomic mass is 9.72. The Bertz CT molecular complexity index is 3630. The van der Waals surface area contributed by atoms with Crippen molar-refractivity contribution in [2.24, 2.45) is 0 Å². The molecule has 16 nitrogen and oxygen atoms in total. The minimum atomic E-state index is -5.15. The Morgan fingerprint density at radius 2 is 1.27 bits per heavy atom. The van der Waals surface area contributed by atoms with Gasteiger partial charge in [-0.15, -0.1) is 0 Å². The summed E-state index contributed by atoms with van der Waals surface area (Å²) in [6.45, 7) is 5.10. The van der Waals surface area contributed by atoms with Crippen LogP contribution in [-0.4, -0.2) is 185 Å². The fraction of sp³-hybridized carbons (Fsp3) is 0.438. The maximum Gasteiger partial charge on any atom is 0.416 e. The van der Waals surface area contributed by atoms with Gasteiger partial charge in [0.05, 0.1) is 29.5 Å². The van der Waals surface area contributed by atoms with Gasteiger partial charge in [-0.25, -0.2) is 9.18 Å². The van der Waals surface area contributed by atoms with Crippen LogP contribution in [0, 0.1) is 5.82 Å². The summed E-state index contributed by atoms with van der Waals surface area (Å²) in [5.41, 5.74) is 1.16. The van der Waals surface area contributed by atoms with Gasteiger partial charge in [0.25, 0.3) is 11.8 Å². The monoisotopic (exact) mass is 1330 g/mol. The zero-order chi connectivity index (χ0) is 68.4. The molecule has 3 saturated heterocycles. The van der Waals surface area contributed by atoms with E-state index in [1.807, 2.05) is 93.0 Å². The standard InChI is InChI=1S/C73H83F7N8O8/c1-82(34-12-20-65(89)84(3)42-43-86-37-29-60(30-38-86)96-69(93)81-63-19-11-9-17-61(63)51-14-6-5-7-15-51)59-27-21-52(22-28-59)67(91)85(4)36-13-35-83(2)66(90)48-94-64-46-53-16-8-10-18-62(53)70(64)31-39-87(40-32-70)41-33-71(55-23-25-58(74)26-24-55)49-88(50-95-71)68(92)54-44-56(72(75,76)77)47-57(45-54)73(78,79)80/h5-11,14-19,21-28,44-45,47,60,64H,12-13,20,29-43,46,48-50H2,1-4H3,(H,81,93)/t64-,71+/m0/s1. The number of benzene rings is 6. The summed E-state index contributed by atoms with van der Waals surface area (Å²) in [6.07, 6.45) is -6.08. The van der Waals surface area contributed by atoms with Gasteiger partial charge < -0.3 is 48.5 Å². The van der Waals surface area contributed by atoms with Gasteiger partial charge in [0.15, 0.2) is 0 Å². The Morgan fingerprint density at radius 3 is 1.96 bits per heavy atom. The summed E-state index contributed by atoms with van der Waals surface area (Å²) in [5.74, 6) is -1.90. The number of anilines is 2. The predicted molar refractivity (Wildman–Crippen MR) is 351 cm³/mol. The highest BCUT2D eigenvalue weighted by Gasteiger charge is 2.50. The smallest absolute Gasteiger partial charge is 0.416 e. The first-order valence-corrected chi connectivity index (χ1v) is 32.7. The van der Waals surface area contributed by atoms with Crippen molar-refractivity contribution in [2.75, 3.05) is 124 Å².